The number of benzene rings is 1. The zero-order valence-corrected chi connectivity index (χ0v) is 19.4. The molecule has 30 heavy (non-hydrogen) atoms. The largest absolute Gasteiger partial charge is 0.494 e. The van der Waals surface area contributed by atoms with E-state index in [9.17, 15) is 9.59 Å². The number of hydrogen-bond donors (Lipinski definition) is 1. The highest BCUT2D eigenvalue weighted by Gasteiger charge is 2.51. The molecule has 0 aromatic heterocycles. The van der Waals surface area contributed by atoms with Gasteiger partial charge in [0, 0.05) is 6.54 Å². The molecule has 1 aromatic rings. The van der Waals surface area contributed by atoms with Gasteiger partial charge in [-0.15, -0.1) is 0 Å². The molecule has 0 spiro atoms. The van der Waals surface area contributed by atoms with E-state index in [1.807, 2.05) is 66.7 Å². The van der Waals surface area contributed by atoms with Crippen LogP contribution in [-0.4, -0.2) is 49.5 Å². The van der Waals surface area contributed by atoms with Crippen LogP contribution in [0.5, 0.6) is 0 Å². The van der Waals surface area contributed by atoms with Crippen LogP contribution in [0.1, 0.15) is 59.6 Å². The predicted octanol–water partition coefficient (Wildman–Crippen LogP) is 2.13. The van der Waals surface area contributed by atoms with E-state index in [2.05, 4.69) is 5.32 Å². The Kier molecular flexibility index (Phi) is 7.38. The van der Waals surface area contributed by atoms with Gasteiger partial charge in [0.25, 0.3) is 0 Å². The average molecular weight is 419 g/mol. The first kappa shape index (κ1) is 24.4. The van der Waals surface area contributed by atoms with E-state index in [-0.39, 0.29) is 24.9 Å². The minimum atomic E-state index is -0.544. The Hall–Kier alpha value is -1.90. The molecule has 1 aliphatic heterocycles. The van der Waals surface area contributed by atoms with Crippen molar-refractivity contribution >= 4 is 24.5 Å². The number of esters is 2. The number of carbonyl (C=O) groups is 2. The lowest BCUT2D eigenvalue weighted by Gasteiger charge is -2.32. The lowest BCUT2D eigenvalue weighted by atomic mass is 9.77. The third-order valence-electron chi connectivity index (χ3n) is 5.19. The number of nitrogens with one attached hydrogen (secondary N) is 1. The van der Waals surface area contributed by atoms with Crippen LogP contribution in [0.15, 0.2) is 18.2 Å². The molecule has 8 heteroatoms. The minimum absolute atomic E-state index is 0.0876. The summed E-state index contributed by atoms with van der Waals surface area (Å²) in [6.07, 6.45) is 0.142. The van der Waals surface area contributed by atoms with Crippen LogP contribution >= 0.6 is 0 Å². The molecular weight excluding hydrogens is 385 g/mol. The first-order valence-electron chi connectivity index (χ1n) is 10.2. The molecule has 0 atom stereocenters. The maximum Gasteiger partial charge on any atom is 0.494 e. The van der Waals surface area contributed by atoms with Crippen molar-refractivity contribution in [3.63, 3.8) is 0 Å². The van der Waals surface area contributed by atoms with Gasteiger partial charge in [-0.05, 0) is 65.1 Å². The van der Waals surface area contributed by atoms with Crippen molar-refractivity contribution in [1.82, 2.24) is 5.32 Å². The monoisotopic (exact) mass is 419 g/mol. The molecule has 2 rings (SSSR count). The summed E-state index contributed by atoms with van der Waals surface area (Å²) in [4.78, 5) is 23.7. The van der Waals surface area contributed by atoms with E-state index < -0.39 is 23.9 Å². The van der Waals surface area contributed by atoms with Crippen molar-refractivity contribution in [3.8, 4) is 0 Å². The molecule has 0 saturated carbocycles. The van der Waals surface area contributed by atoms with Crippen LogP contribution in [0.25, 0.3) is 0 Å². The van der Waals surface area contributed by atoms with Crippen molar-refractivity contribution in [1.29, 1.82) is 0 Å². The van der Waals surface area contributed by atoms with Crippen LogP contribution in [0, 0.1) is 0 Å². The molecule has 0 unspecified atom stereocenters. The molecule has 0 amide bonds. The fourth-order valence-corrected chi connectivity index (χ4v) is 3.04. The zero-order valence-electron chi connectivity index (χ0n) is 19.4. The molecule has 1 heterocycles. The van der Waals surface area contributed by atoms with Gasteiger partial charge in [0.1, 0.15) is 5.60 Å². The SMILES string of the molecule is COC(=O)Cc1cc(CNCC(=O)OC(C)(C)C)cc(B2OC(C)(C)C(C)(C)O2)c1. The van der Waals surface area contributed by atoms with Gasteiger partial charge in [-0.1, -0.05) is 18.2 Å². The summed E-state index contributed by atoms with van der Waals surface area (Å²) >= 11 is 0. The molecule has 1 fully saturated rings. The van der Waals surface area contributed by atoms with E-state index in [0.29, 0.717) is 6.54 Å². The quantitative estimate of drug-likeness (QED) is 0.536. The van der Waals surface area contributed by atoms with Gasteiger partial charge in [-0.25, -0.2) is 0 Å². The molecule has 166 valence electrons. The summed E-state index contributed by atoms with van der Waals surface area (Å²) in [6.45, 7) is 14.0. The van der Waals surface area contributed by atoms with Crippen molar-refractivity contribution in [2.45, 2.75) is 78.2 Å². The van der Waals surface area contributed by atoms with Crippen LogP contribution in [-0.2, 0) is 41.3 Å². The van der Waals surface area contributed by atoms with Gasteiger partial charge in [0.05, 0.1) is 31.3 Å². The standard InChI is InChI=1S/C22H34BNO6/c1-20(2,3)28-19(26)14-24-13-16-9-15(12-18(25)27-8)10-17(11-16)23-29-21(4,5)22(6,7)30-23/h9-11,24H,12-14H2,1-8H3. The van der Waals surface area contributed by atoms with E-state index in [1.54, 1.807) is 0 Å². The molecular formula is C22H34BNO6. The highest BCUT2D eigenvalue weighted by atomic mass is 16.7. The normalized spacial score (nSPS) is 17.7. The fraction of sp³-hybridized carbons (Fsp3) is 0.636. The van der Waals surface area contributed by atoms with Gasteiger partial charge >= 0.3 is 19.1 Å². The summed E-state index contributed by atoms with van der Waals surface area (Å²) in [5, 5.41) is 3.10. The number of methoxy groups -OCH3 is 1. The Morgan fingerprint density at radius 1 is 1.00 bits per heavy atom. The lowest BCUT2D eigenvalue weighted by molar-refractivity contribution is -0.153. The topological polar surface area (TPSA) is 83.1 Å². The second kappa shape index (κ2) is 9.08. The van der Waals surface area contributed by atoms with E-state index in [4.69, 9.17) is 18.8 Å². The van der Waals surface area contributed by atoms with Crippen LogP contribution in [0.4, 0.5) is 0 Å². The summed E-state index contributed by atoms with van der Waals surface area (Å²) < 4.78 is 22.4. The molecule has 1 saturated heterocycles. The number of carbonyl (C=O) groups excluding carboxylic acids is 2. The first-order valence-corrected chi connectivity index (χ1v) is 10.2. The molecule has 0 radical (unpaired) electrons. The zero-order chi connectivity index (χ0) is 22.7. The van der Waals surface area contributed by atoms with Crippen LogP contribution in [0.3, 0.4) is 0 Å². The Balaban J connectivity index is 2.17. The van der Waals surface area contributed by atoms with E-state index in [0.717, 1.165) is 16.6 Å². The number of rotatable bonds is 7. The first-order chi connectivity index (χ1) is 13.7. The average Bonchev–Trinajstić information content (AvgIpc) is 2.80. The maximum absolute atomic E-state index is 11.9. The molecule has 1 aliphatic rings. The fourth-order valence-electron chi connectivity index (χ4n) is 3.04. The molecule has 1 N–H and O–H groups in total. The minimum Gasteiger partial charge on any atom is -0.469 e. The lowest BCUT2D eigenvalue weighted by Crippen LogP contribution is -2.41. The van der Waals surface area contributed by atoms with E-state index >= 15 is 0 Å². The second-order valence-corrected chi connectivity index (χ2v) is 9.61. The van der Waals surface area contributed by atoms with Crippen LogP contribution < -0.4 is 10.8 Å². The Labute approximate surface area is 179 Å². The number of ether oxygens (including phenoxy) is 2. The molecule has 7 nitrogen and oxygen atoms in total. The highest BCUT2D eigenvalue weighted by Crippen LogP contribution is 2.36. The van der Waals surface area contributed by atoms with Gasteiger partial charge in [-0.2, -0.15) is 0 Å². The van der Waals surface area contributed by atoms with Crippen molar-refractivity contribution in [3.05, 3.63) is 29.3 Å². The van der Waals surface area contributed by atoms with Gasteiger partial charge < -0.3 is 24.1 Å². The molecule has 0 aliphatic carbocycles. The Bertz CT molecular complexity index is 768. The Morgan fingerprint density at radius 3 is 2.10 bits per heavy atom. The van der Waals surface area contributed by atoms with Gasteiger partial charge in [0.15, 0.2) is 0 Å². The number of hydrogen-bond acceptors (Lipinski definition) is 7. The van der Waals surface area contributed by atoms with Crippen molar-refractivity contribution in [2.75, 3.05) is 13.7 Å². The van der Waals surface area contributed by atoms with Gasteiger partial charge in [-0.3, -0.25) is 9.59 Å². The summed E-state index contributed by atoms with van der Waals surface area (Å²) in [7, 11) is 0.821. The molecule has 1 aromatic carbocycles. The second-order valence-electron chi connectivity index (χ2n) is 9.61. The summed E-state index contributed by atoms with van der Waals surface area (Å²) in [5.74, 6) is -0.645. The third kappa shape index (κ3) is 6.55. The Morgan fingerprint density at radius 2 is 1.57 bits per heavy atom. The van der Waals surface area contributed by atoms with Crippen LogP contribution in [0.2, 0.25) is 0 Å². The van der Waals surface area contributed by atoms with Gasteiger partial charge in [0.2, 0.25) is 0 Å². The van der Waals surface area contributed by atoms with Crippen molar-refractivity contribution in [2.24, 2.45) is 0 Å². The summed E-state index contributed by atoms with van der Waals surface area (Å²) in [5.41, 5.74) is 1.07. The van der Waals surface area contributed by atoms with E-state index in [1.165, 1.54) is 7.11 Å². The van der Waals surface area contributed by atoms with Crippen molar-refractivity contribution < 1.29 is 28.4 Å². The maximum atomic E-state index is 11.9. The third-order valence-corrected chi connectivity index (χ3v) is 5.19. The summed E-state index contributed by atoms with van der Waals surface area (Å²) in [6, 6.07) is 5.77. The smallest absolute Gasteiger partial charge is 0.469 e. The predicted molar refractivity (Wildman–Crippen MR) is 115 cm³/mol. The highest BCUT2D eigenvalue weighted by molar-refractivity contribution is 6.62. The molecule has 0 bridgehead atoms.